The normalized spacial score (nSPS) is 19.8. The number of hydrogen-bond donors (Lipinski definition) is 4. The number of aromatic nitrogens is 8. The lowest BCUT2D eigenvalue weighted by atomic mass is 10.2. The molecule has 4 N–H and O–H groups in total. The summed E-state index contributed by atoms with van der Waals surface area (Å²) in [7, 11) is 5.33. The second kappa shape index (κ2) is 14.0. The number of hydrogen-bond acceptors (Lipinski definition) is 12. The number of alkyl halides is 2. The Morgan fingerprint density at radius 2 is 1.27 bits per heavy atom. The molecule has 3 fully saturated rings. The predicted octanol–water partition coefficient (Wildman–Crippen LogP) is 5.04. The van der Waals surface area contributed by atoms with Crippen molar-refractivity contribution in [2.45, 2.75) is 44.1 Å². The summed E-state index contributed by atoms with van der Waals surface area (Å²) in [6, 6.07) is 7.70. The van der Waals surface area contributed by atoms with Gasteiger partial charge in [-0.2, -0.15) is 0 Å². The van der Waals surface area contributed by atoms with E-state index in [1.165, 1.54) is 19.8 Å². The molecule has 0 spiro atoms. The molecule has 16 nitrogen and oxygen atoms in total. The standard InChI is InChI=1S/C38H38F2N12O4/c1-51-25(8-18-10-29(42-14-27(18)51)49-35(53)21-12-23(21)39)31-33(44-16-46-37(31)55-3)41-6-7-56-38-32(34(45-17-47-38)48-20-4-5-20)26-9-19-11-30(43-15-28(19)52(26)2)50-36(54)22-13-24(22)40/h8-11,14-17,20-24H,4-7,12-13H2,1-3H3,(H,41,44,46)(H,42,49,53)(H,43,50,54)(H,45,47,48)/t21-,22-,23+,24+/m1/s1. The summed E-state index contributed by atoms with van der Waals surface area (Å²) >= 11 is 0. The molecule has 6 aromatic rings. The predicted molar refractivity (Wildman–Crippen MR) is 204 cm³/mol. The third-order valence-electron chi connectivity index (χ3n) is 10.3. The summed E-state index contributed by atoms with van der Waals surface area (Å²) in [5.41, 5.74) is 4.39. The van der Waals surface area contributed by atoms with Crippen LogP contribution in [-0.2, 0) is 23.7 Å². The number of ether oxygens (including phenoxy) is 2. The van der Waals surface area contributed by atoms with E-state index in [1.807, 2.05) is 35.4 Å². The zero-order chi connectivity index (χ0) is 38.7. The van der Waals surface area contributed by atoms with Gasteiger partial charge in [0.05, 0.1) is 60.3 Å². The molecule has 3 aliphatic carbocycles. The van der Waals surface area contributed by atoms with Crippen molar-refractivity contribution in [1.82, 2.24) is 39.0 Å². The summed E-state index contributed by atoms with van der Waals surface area (Å²) in [4.78, 5) is 51.6. The van der Waals surface area contributed by atoms with Gasteiger partial charge < -0.3 is 39.9 Å². The van der Waals surface area contributed by atoms with E-state index >= 15 is 0 Å². The van der Waals surface area contributed by atoms with Crippen molar-refractivity contribution in [1.29, 1.82) is 0 Å². The van der Waals surface area contributed by atoms with Crippen LogP contribution in [0.5, 0.6) is 11.8 Å². The highest BCUT2D eigenvalue weighted by atomic mass is 19.1. The van der Waals surface area contributed by atoms with Gasteiger partial charge in [-0.1, -0.05) is 0 Å². The van der Waals surface area contributed by atoms with Gasteiger partial charge in [0.2, 0.25) is 23.6 Å². The minimum absolute atomic E-state index is 0.194. The van der Waals surface area contributed by atoms with E-state index in [2.05, 4.69) is 51.2 Å². The van der Waals surface area contributed by atoms with Crippen LogP contribution in [0.4, 0.5) is 32.1 Å². The van der Waals surface area contributed by atoms with E-state index in [0.717, 1.165) is 46.0 Å². The fraction of sp³-hybridized carbons (Fsp3) is 0.368. The minimum Gasteiger partial charge on any atom is -0.480 e. The fourth-order valence-electron chi connectivity index (χ4n) is 6.84. The highest BCUT2D eigenvalue weighted by Crippen LogP contribution is 2.41. The number of amides is 2. The van der Waals surface area contributed by atoms with Crippen LogP contribution < -0.4 is 30.7 Å². The Balaban J connectivity index is 0.955. The van der Waals surface area contributed by atoms with E-state index in [-0.39, 0.29) is 31.3 Å². The molecule has 3 saturated carbocycles. The van der Waals surface area contributed by atoms with Crippen LogP contribution in [-0.4, -0.2) is 89.5 Å². The molecule has 288 valence electrons. The number of nitrogens with one attached hydrogen (secondary N) is 4. The highest BCUT2D eigenvalue weighted by Gasteiger charge is 2.44. The lowest BCUT2D eigenvalue weighted by Gasteiger charge is -2.17. The second-order valence-electron chi connectivity index (χ2n) is 14.3. The Hall–Kier alpha value is -6.46. The van der Waals surface area contributed by atoms with Crippen LogP contribution in [0.25, 0.3) is 44.3 Å². The van der Waals surface area contributed by atoms with Gasteiger partial charge in [-0.05, 0) is 49.9 Å². The first-order valence-corrected chi connectivity index (χ1v) is 18.4. The van der Waals surface area contributed by atoms with Gasteiger partial charge in [-0.25, -0.2) is 38.7 Å². The van der Waals surface area contributed by atoms with E-state index in [9.17, 15) is 18.4 Å². The quantitative estimate of drug-likeness (QED) is 0.108. The second-order valence-corrected chi connectivity index (χ2v) is 14.3. The highest BCUT2D eigenvalue weighted by molar-refractivity contribution is 5.98. The van der Waals surface area contributed by atoms with Gasteiger partial charge in [0.1, 0.15) is 66.0 Å². The van der Waals surface area contributed by atoms with Crippen molar-refractivity contribution in [2.24, 2.45) is 25.9 Å². The molecule has 4 atom stereocenters. The SMILES string of the molecule is COc1ncnc(NCCOc2ncnc(NC3CC3)c2-c2cc3cc(NC(=O)[C@@H]4C[C@@H]4F)ncc3n2C)c1-c1cc2cc(NC(=O)[C@@H]3C[C@@H]3F)ncc2n1C. The summed E-state index contributed by atoms with van der Waals surface area (Å²) < 4.78 is 42.9. The summed E-state index contributed by atoms with van der Waals surface area (Å²) in [5, 5.41) is 13.9. The summed E-state index contributed by atoms with van der Waals surface area (Å²) in [6.45, 7) is 0.517. The maximum atomic E-state index is 13.5. The zero-order valence-electron chi connectivity index (χ0n) is 30.7. The number of carbonyl (C=O) groups is 2. The molecule has 0 bridgehead atoms. The Labute approximate surface area is 318 Å². The number of pyridine rings is 2. The van der Waals surface area contributed by atoms with Gasteiger partial charge in [0, 0.05) is 30.9 Å². The third kappa shape index (κ3) is 6.75. The van der Waals surface area contributed by atoms with Crippen molar-refractivity contribution < 1.29 is 27.8 Å². The van der Waals surface area contributed by atoms with Gasteiger partial charge in [0.15, 0.2) is 0 Å². The molecule has 0 aliphatic heterocycles. The molecule has 3 aliphatic rings. The molecule has 0 radical (unpaired) electrons. The molecule has 18 heteroatoms. The van der Waals surface area contributed by atoms with Crippen molar-refractivity contribution in [2.75, 3.05) is 41.5 Å². The van der Waals surface area contributed by atoms with E-state index in [4.69, 9.17) is 9.47 Å². The van der Waals surface area contributed by atoms with E-state index in [1.54, 1.807) is 24.5 Å². The molecular formula is C38H38F2N12O4. The van der Waals surface area contributed by atoms with Crippen LogP contribution in [0.15, 0.2) is 49.3 Å². The van der Waals surface area contributed by atoms with Gasteiger partial charge >= 0.3 is 0 Å². The molecule has 6 aromatic heterocycles. The average Bonchev–Trinajstić information content (AvgIpc) is 4.15. The molecule has 9 rings (SSSR count). The zero-order valence-corrected chi connectivity index (χ0v) is 30.7. The van der Waals surface area contributed by atoms with Crippen LogP contribution in [0.1, 0.15) is 25.7 Å². The summed E-state index contributed by atoms with van der Waals surface area (Å²) in [6.07, 6.45) is 6.52. The number of fused-ring (bicyclic) bond motifs is 2. The molecular weight excluding hydrogens is 726 g/mol. The number of carbonyl (C=O) groups excluding carboxylic acids is 2. The number of nitrogens with zero attached hydrogens (tertiary/aromatic N) is 8. The molecule has 0 saturated heterocycles. The summed E-state index contributed by atoms with van der Waals surface area (Å²) in [5.74, 6) is 0.534. The first-order valence-electron chi connectivity index (χ1n) is 18.4. The Morgan fingerprint density at radius 1 is 0.750 bits per heavy atom. The van der Waals surface area contributed by atoms with Gasteiger partial charge in [-0.3, -0.25) is 9.59 Å². The first-order chi connectivity index (χ1) is 27.2. The van der Waals surface area contributed by atoms with Gasteiger partial charge in [0.25, 0.3) is 0 Å². The maximum absolute atomic E-state index is 13.5. The molecule has 2 amide bonds. The van der Waals surface area contributed by atoms with Crippen molar-refractivity contribution in [3.05, 3.63) is 49.3 Å². The first kappa shape index (κ1) is 35.3. The van der Waals surface area contributed by atoms with Crippen LogP contribution in [0.2, 0.25) is 0 Å². The van der Waals surface area contributed by atoms with E-state index < -0.39 is 24.2 Å². The topological polar surface area (TPSA) is 188 Å². The lowest BCUT2D eigenvalue weighted by molar-refractivity contribution is -0.118. The fourth-order valence-corrected chi connectivity index (χ4v) is 6.84. The molecule has 6 heterocycles. The van der Waals surface area contributed by atoms with Crippen molar-refractivity contribution in [3.8, 4) is 34.3 Å². The molecule has 0 aromatic carbocycles. The van der Waals surface area contributed by atoms with Gasteiger partial charge in [-0.15, -0.1) is 0 Å². The van der Waals surface area contributed by atoms with Crippen molar-refractivity contribution >= 4 is 56.9 Å². The van der Waals surface area contributed by atoms with Crippen LogP contribution in [0.3, 0.4) is 0 Å². The smallest absolute Gasteiger partial charge is 0.231 e. The third-order valence-corrected chi connectivity index (χ3v) is 10.3. The number of methoxy groups -OCH3 is 1. The van der Waals surface area contributed by atoms with E-state index in [0.29, 0.717) is 58.7 Å². The van der Waals surface area contributed by atoms with Crippen LogP contribution >= 0.6 is 0 Å². The number of anilines is 4. The Bertz CT molecular complexity index is 2520. The average molecular weight is 765 g/mol. The number of halogens is 2. The molecule has 56 heavy (non-hydrogen) atoms. The van der Waals surface area contributed by atoms with Crippen LogP contribution in [0, 0.1) is 11.8 Å². The molecule has 0 unspecified atom stereocenters. The minimum atomic E-state index is -1.10. The van der Waals surface area contributed by atoms with Crippen molar-refractivity contribution in [3.63, 3.8) is 0 Å². The monoisotopic (exact) mass is 764 g/mol. The Morgan fingerprint density at radius 3 is 1.79 bits per heavy atom. The Kier molecular flexibility index (Phi) is 8.81. The maximum Gasteiger partial charge on any atom is 0.231 e. The number of aryl methyl sites for hydroxylation is 2. The number of rotatable bonds is 14. The largest absolute Gasteiger partial charge is 0.480 e. The lowest BCUT2D eigenvalue weighted by Crippen LogP contribution is -2.16.